The van der Waals surface area contributed by atoms with Crippen LogP contribution in [0.5, 0.6) is 11.5 Å². The fourth-order valence-electron chi connectivity index (χ4n) is 2.43. The summed E-state index contributed by atoms with van der Waals surface area (Å²) in [4.78, 5) is 4.34. The van der Waals surface area contributed by atoms with Gasteiger partial charge in [-0.3, -0.25) is 4.98 Å². The van der Waals surface area contributed by atoms with E-state index in [2.05, 4.69) is 15.5 Å². The van der Waals surface area contributed by atoms with Crippen LogP contribution in [0.3, 0.4) is 0 Å². The van der Waals surface area contributed by atoms with Crippen molar-refractivity contribution in [2.24, 2.45) is 5.10 Å². The SMILES string of the molecule is COc1ccc(OC)c(C2CC(c3ccccn3)=NN2)c1. The van der Waals surface area contributed by atoms with Crippen LogP contribution in [0.1, 0.15) is 23.7 Å². The number of hydrogen-bond acceptors (Lipinski definition) is 5. The average molecular weight is 283 g/mol. The fourth-order valence-corrected chi connectivity index (χ4v) is 2.43. The van der Waals surface area contributed by atoms with Crippen molar-refractivity contribution in [3.63, 3.8) is 0 Å². The first kappa shape index (κ1) is 13.4. The first-order valence-electron chi connectivity index (χ1n) is 6.77. The molecule has 5 heteroatoms. The van der Waals surface area contributed by atoms with Crippen LogP contribution in [0.15, 0.2) is 47.7 Å². The van der Waals surface area contributed by atoms with Crippen molar-refractivity contribution >= 4 is 5.71 Å². The lowest BCUT2D eigenvalue weighted by molar-refractivity contribution is 0.392. The summed E-state index contributed by atoms with van der Waals surface area (Å²) in [5, 5.41) is 4.40. The average Bonchev–Trinajstić information content (AvgIpc) is 3.05. The normalized spacial score (nSPS) is 17.0. The summed E-state index contributed by atoms with van der Waals surface area (Å²) < 4.78 is 10.7. The molecule has 1 aromatic heterocycles. The Balaban J connectivity index is 1.84. The van der Waals surface area contributed by atoms with Crippen molar-refractivity contribution in [2.75, 3.05) is 14.2 Å². The zero-order chi connectivity index (χ0) is 14.7. The highest BCUT2D eigenvalue weighted by Crippen LogP contribution is 2.33. The van der Waals surface area contributed by atoms with Gasteiger partial charge in [-0.05, 0) is 30.3 Å². The molecule has 0 spiro atoms. The molecular formula is C16H17N3O2. The highest BCUT2D eigenvalue weighted by atomic mass is 16.5. The lowest BCUT2D eigenvalue weighted by atomic mass is 10.00. The molecule has 1 atom stereocenters. The van der Waals surface area contributed by atoms with E-state index in [4.69, 9.17) is 9.47 Å². The monoisotopic (exact) mass is 283 g/mol. The molecule has 108 valence electrons. The lowest BCUT2D eigenvalue weighted by Gasteiger charge is -2.15. The summed E-state index contributed by atoms with van der Waals surface area (Å²) in [6, 6.07) is 11.7. The molecule has 0 fully saturated rings. The van der Waals surface area contributed by atoms with Gasteiger partial charge in [0, 0.05) is 18.2 Å². The number of hydrazone groups is 1. The van der Waals surface area contributed by atoms with Crippen LogP contribution in [0.25, 0.3) is 0 Å². The molecule has 1 unspecified atom stereocenters. The molecule has 0 saturated heterocycles. The molecule has 1 aromatic carbocycles. The van der Waals surface area contributed by atoms with E-state index in [1.807, 2.05) is 36.4 Å². The predicted octanol–water partition coefficient (Wildman–Crippen LogP) is 2.54. The van der Waals surface area contributed by atoms with Gasteiger partial charge in [0.15, 0.2) is 0 Å². The number of hydrogen-bond donors (Lipinski definition) is 1. The Morgan fingerprint density at radius 1 is 1.14 bits per heavy atom. The number of rotatable bonds is 4. The standard InChI is InChI=1S/C16H17N3O2/c1-20-11-6-7-16(21-2)12(9-11)14-10-15(19-18-14)13-5-3-4-8-17-13/h3-9,14,18H,10H2,1-2H3. The smallest absolute Gasteiger partial charge is 0.124 e. The molecule has 0 amide bonds. The van der Waals surface area contributed by atoms with Gasteiger partial charge < -0.3 is 14.9 Å². The van der Waals surface area contributed by atoms with Crippen molar-refractivity contribution in [3.8, 4) is 11.5 Å². The highest BCUT2D eigenvalue weighted by molar-refractivity contribution is 6.00. The topological polar surface area (TPSA) is 55.7 Å². The van der Waals surface area contributed by atoms with Crippen molar-refractivity contribution in [3.05, 3.63) is 53.9 Å². The Hall–Kier alpha value is -2.56. The van der Waals surface area contributed by atoms with Gasteiger partial charge in [-0.2, -0.15) is 5.10 Å². The molecule has 2 heterocycles. The summed E-state index contributed by atoms with van der Waals surface area (Å²) in [7, 11) is 3.32. The van der Waals surface area contributed by atoms with E-state index in [9.17, 15) is 0 Å². The van der Waals surface area contributed by atoms with E-state index >= 15 is 0 Å². The molecule has 2 aromatic rings. The van der Waals surface area contributed by atoms with E-state index in [0.29, 0.717) is 0 Å². The van der Waals surface area contributed by atoms with E-state index in [-0.39, 0.29) is 6.04 Å². The summed E-state index contributed by atoms with van der Waals surface area (Å²) >= 11 is 0. The summed E-state index contributed by atoms with van der Waals surface area (Å²) in [5.41, 5.74) is 6.04. The van der Waals surface area contributed by atoms with Crippen LogP contribution in [-0.4, -0.2) is 24.9 Å². The maximum absolute atomic E-state index is 5.44. The van der Waals surface area contributed by atoms with Crippen molar-refractivity contribution < 1.29 is 9.47 Å². The predicted molar refractivity (Wildman–Crippen MR) is 80.8 cm³/mol. The van der Waals surface area contributed by atoms with Gasteiger partial charge in [0.05, 0.1) is 31.7 Å². The molecule has 0 saturated carbocycles. The van der Waals surface area contributed by atoms with Gasteiger partial charge in [-0.15, -0.1) is 0 Å². The molecule has 1 aliphatic rings. The van der Waals surface area contributed by atoms with Crippen LogP contribution in [-0.2, 0) is 0 Å². The van der Waals surface area contributed by atoms with Gasteiger partial charge in [-0.25, -0.2) is 0 Å². The quantitative estimate of drug-likeness (QED) is 0.937. The molecule has 0 radical (unpaired) electrons. The molecule has 3 rings (SSSR count). The van der Waals surface area contributed by atoms with Crippen LogP contribution >= 0.6 is 0 Å². The summed E-state index contributed by atoms with van der Waals surface area (Å²) in [6.07, 6.45) is 2.54. The van der Waals surface area contributed by atoms with Gasteiger partial charge in [-0.1, -0.05) is 6.07 Å². The minimum absolute atomic E-state index is 0.0621. The van der Waals surface area contributed by atoms with E-state index < -0.39 is 0 Å². The second-order valence-electron chi connectivity index (χ2n) is 4.77. The Bertz CT molecular complexity index is 656. The van der Waals surface area contributed by atoms with Crippen LogP contribution in [0.4, 0.5) is 0 Å². The number of ether oxygens (including phenoxy) is 2. The third-order valence-electron chi connectivity index (χ3n) is 3.53. The first-order chi connectivity index (χ1) is 10.3. The third kappa shape index (κ3) is 2.67. The van der Waals surface area contributed by atoms with Crippen molar-refractivity contribution in [1.29, 1.82) is 0 Å². The second kappa shape index (κ2) is 5.83. The first-order valence-corrected chi connectivity index (χ1v) is 6.77. The fraction of sp³-hybridized carbons (Fsp3) is 0.250. The van der Waals surface area contributed by atoms with Crippen molar-refractivity contribution in [2.45, 2.75) is 12.5 Å². The molecule has 5 nitrogen and oxygen atoms in total. The van der Waals surface area contributed by atoms with Crippen molar-refractivity contribution in [1.82, 2.24) is 10.4 Å². The number of methoxy groups -OCH3 is 2. The Kier molecular flexibility index (Phi) is 3.73. The van der Waals surface area contributed by atoms with E-state index in [0.717, 1.165) is 34.9 Å². The Morgan fingerprint density at radius 2 is 2.05 bits per heavy atom. The van der Waals surface area contributed by atoms with Crippen LogP contribution in [0.2, 0.25) is 0 Å². The summed E-state index contributed by atoms with van der Waals surface area (Å²) in [5.74, 6) is 1.63. The number of nitrogens with zero attached hydrogens (tertiary/aromatic N) is 2. The molecule has 0 bridgehead atoms. The lowest BCUT2D eigenvalue weighted by Crippen LogP contribution is -2.11. The maximum Gasteiger partial charge on any atom is 0.124 e. The summed E-state index contributed by atoms with van der Waals surface area (Å²) in [6.45, 7) is 0. The zero-order valence-corrected chi connectivity index (χ0v) is 12.0. The van der Waals surface area contributed by atoms with E-state index in [1.54, 1.807) is 20.4 Å². The van der Waals surface area contributed by atoms with Gasteiger partial charge in [0.1, 0.15) is 11.5 Å². The minimum atomic E-state index is 0.0621. The van der Waals surface area contributed by atoms with E-state index in [1.165, 1.54) is 0 Å². The van der Waals surface area contributed by atoms with Gasteiger partial charge in [0.2, 0.25) is 0 Å². The second-order valence-corrected chi connectivity index (χ2v) is 4.77. The number of benzene rings is 1. The Morgan fingerprint density at radius 3 is 2.76 bits per heavy atom. The van der Waals surface area contributed by atoms with Gasteiger partial charge in [0.25, 0.3) is 0 Å². The number of pyridine rings is 1. The molecule has 1 aliphatic heterocycles. The van der Waals surface area contributed by atoms with Crippen LogP contribution < -0.4 is 14.9 Å². The molecular weight excluding hydrogens is 266 g/mol. The zero-order valence-electron chi connectivity index (χ0n) is 12.0. The number of nitrogens with one attached hydrogen (secondary N) is 1. The third-order valence-corrected chi connectivity index (χ3v) is 3.53. The Labute approximate surface area is 123 Å². The maximum atomic E-state index is 5.44. The molecule has 1 N–H and O–H groups in total. The highest BCUT2D eigenvalue weighted by Gasteiger charge is 2.25. The largest absolute Gasteiger partial charge is 0.497 e. The molecule has 21 heavy (non-hydrogen) atoms. The van der Waals surface area contributed by atoms with Crippen LogP contribution in [0, 0.1) is 0 Å². The minimum Gasteiger partial charge on any atom is -0.497 e. The van der Waals surface area contributed by atoms with Gasteiger partial charge >= 0.3 is 0 Å². The number of aromatic nitrogens is 1. The molecule has 0 aliphatic carbocycles.